The van der Waals surface area contributed by atoms with Crippen molar-refractivity contribution in [3.05, 3.63) is 29.8 Å². The van der Waals surface area contributed by atoms with Gasteiger partial charge in [-0.1, -0.05) is 32.9 Å². The fourth-order valence-corrected chi connectivity index (χ4v) is 1.11. The average molecular weight is 189 g/mol. The molecule has 0 aliphatic heterocycles. The summed E-state index contributed by atoms with van der Waals surface area (Å²) in [6.07, 6.45) is 0. The van der Waals surface area contributed by atoms with Crippen molar-refractivity contribution in [1.29, 1.82) is 0 Å². The van der Waals surface area contributed by atoms with Crippen molar-refractivity contribution in [2.45, 2.75) is 31.1 Å². The Hall–Kier alpha value is 0.570. The van der Waals surface area contributed by atoms with Crippen molar-refractivity contribution in [3.8, 4) is 0 Å². The van der Waals surface area contributed by atoms with Gasteiger partial charge in [-0.25, -0.2) is 0 Å². The Morgan fingerprint density at radius 2 is 1.42 bits per heavy atom. The van der Waals surface area contributed by atoms with Crippen LogP contribution in [0.15, 0.2) is 29.2 Å². The zero-order valence-corrected chi connectivity index (χ0v) is 11.2. The smallest absolute Gasteiger partial charge is 0.00401 e. The molecule has 0 aliphatic rings. The summed E-state index contributed by atoms with van der Waals surface area (Å²) in [5.74, 6) is 0. The molecule has 0 heterocycles. The Bertz CT molecular complexity index is 233. The third-order valence-electron chi connectivity index (χ3n) is 1.73. The Morgan fingerprint density at radius 3 is 1.75 bits per heavy atom. The molecule has 1 rings (SSSR count). The van der Waals surface area contributed by atoms with Crippen LogP contribution in [0.2, 0.25) is 0 Å². The van der Waals surface area contributed by atoms with Crippen LogP contribution < -0.4 is 0 Å². The molecule has 0 saturated heterocycles. The quantitative estimate of drug-likeness (QED) is 0.471. The average Bonchev–Trinajstić information content (AvgIpc) is 1.86. The summed E-state index contributed by atoms with van der Waals surface area (Å²) in [6.45, 7) is 6.63. The van der Waals surface area contributed by atoms with Crippen LogP contribution in [-0.4, -0.2) is 29.6 Å². The Kier molecular flexibility index (Phi) is 4.93. The van der Waals surface area contributed by atoms with Crippen LogP contribution in [0.3, 0.4) is 0 Å². The second-order valence-electron chi connectivity index (χ2n) is 3.80. The minimum atomic E-state index is 0. The molecule has 0 aliphatic carbocycles. The molecule has 12 heavy (non-hydrogen) atoms. The van der Waals surface area contributed by atoms with Crippen LogP contribution in [-0.2, 0) is 5.41 Å². The summed E-state index contributed by atoms with van der Waals surface area (Å²) in [5, 5.41) is 0. The Morgan fingerprint density at radius 1 is 1.00 bits per heavy atom. The van der Waals surface area contributed by atoms with Gasteiger partial charge in [0.2, 0.25) is 0 Å². The molecule has 0 fully saturated rings. The number of rotatable bonds is 0. The zero-order valence-electron chi connectivity index (χ0n) is 8.26. The van der Waals surface area contributed by atoms with Crippen LogP contribution in [0.4, 0.5) is 0 Å². The number of benzene rings is 1. The van der Waals surface area contributed by atoms with Gasteiger partial charge in [0.15, 0.2) is 0 Å². The van der Waals surface area contributed by atoms with Crippen LogP contribution in [0.5, 0.6) is 0 Å². The van der Waals surface area contributed by atoms with Gasteiger partial charge < -0.3 is 0 Å². The molecular weight excluding hydrogens is 175 g/mol. The van der Waals surface area contributed by atoms with Crippen LogP contribution in [0.1, 0.15) is 26.3 Å². The molecule has 1 aromatic rings. The molecule has 0 nitrogen and oxygen atoms in total. The fraction of sp³-hybridized carbons (Fsp3) is 0.400. The fourth-order valence-electron chi connectivity index (χ4n) is 0.961. The largest absolute Gasteiger partial charge is 0.143 e. The molecule has 0 bridgehead atoms. The molecular formula is C10H14NaS. The van der Waals surface area contributed by atoms with Crippen molar-refractivity contribution in [3.63, 3.8) is 0 Å². The summed E-state index contributed by atoms with van der Waals surface area (Å²) in [5.41, 5.74) is 1.61. The first-order valence-electron chi connectivity index (χ1n) is 3.79. The first-order valence-corrected chi connectivity index (χ1v) is 4.24. The van der Waals surface area contributed by atoms with Crippen LogP contribution >= 0.6 is 12.6 Å². The summed E-state index contributed by atoms with van der Waals surface area (Å²) in [6, 6.07) is 8.32. The summed E-state index contributed by atoms with van der Waals surface area (Å²) >= 11 is 4.23. The summed E-state index contributed by atoms with van der Waals surface area (Å²) in [4.78, 5) is 1.03. The second-order valence-corrected chi connectivity index (χ2v) is 4.31. The van der Waals surface area contributed by atoms with Gasteiger partial charge in [-0.15, -0.1) is 12.6 Å². The first kappa shape index (κ1) is 12.6. The molecule has 0 amide bonds. The van der Waals surface area contributed by atoms with Crippen LogP contribution in [0, 0.1) is 0 Å². The standard InChI is InChI=1S/C10H14S.Na/c1-10(2,3)8-4-6-9(11)7-5-8;/h4-7,11H,1-3H3;. The van der Waals surface area contributed by atoms with Gasteiger partial charge in [-0.3, -0.25) is 0 Å². The van der Waals surface area contributed by atoms with Crippen molar-refractivity contribution >= 4 is 42.2 Å². The minimum absolute atomic E-state index is 0. The van der Waals surface area contributed by atoms with E-state index < -0.39 is 0 Å². The van der Waals surface area contributed by atoms with E-state index in [1.165, 1.54) is 5.56 Å². The van der Waals surface area contributed by atoms with Gasteiger partial charge >= 0.3 is 0 Å². The Balaban J connectivity index is 0.00000121. The zero-order chi connectivity index (χ0) is 8.48. The van der Waals surface area contributed by atoms with Crippen molar-refractivity contribution in [1.82, 2.24) is 0 Å². The molecule has 0 aromatic heterocycles. The maximum absolute atomic E-state index is 4.23. The third-order valence-corrected chi connectivity index (χ3v) is 2.03. The maximum Gasteiger partial charge on any atom is 0.00401 e. The van der Waals surface area contributed by atoms with Gasteiger partial charge in [0.05, 0.1) is 0 Å². The maximum atomic E-state index is 4.23. The van der Waals surface area contributed by atoms with Gasteiger partial charge in [0.25, 0.3) is 0 Å². The molecule has 0 atom stereocenters. The normalized spacial score (nSPS) is 10.7. The first-order chi connectivity index (χ1) is 5.00. The van der Waals surface area contributed by atoms with Gasteiger partial charge in [-0.2, -0.15) is 0 Å². The molecule has 61 valence electrons. The van der Waals surface area contributed by atoms with E-state index in [4.69, 9.17) is 0 Å². The topological polar surface area (TPSA) is 0 Å². The van der Waals surface area contributed by atoms with E-state index in [9.17, 15) is 0 Å². The van der Waals surface area contributed by atoms with Crippen LogP contribution in [0.25, 0.3) is 0 Å². The summed E-state index contributed by atoms with van der Waals surface area (Å²) in [7, 11) is 0. The van der Waals surface area contributed by atoms with E-state index in [1.807, 2.05) is 12.1 Å². The van der Waals surface area contributed by atoms with E-state index in [-0.39, 0.29) is 35.0 Å². The SMILES string of the molecule is CC(C)(C)c1ccc(S)cc1.[Na]. The predicted molar refractivity (Wildman–Crippen MR) is 58.1 cm³/mol. The molecule has 1 radical (unpaired) electrons. The summed E-state index contributed by atoms with van der Waals surface area (Å²) < 4.78 is 0. The molecule has 0 saturated carbocycles. The second kappa shape index (κ2) is 4.71. The number of thiol groups is 1. The van der Waals surface area contributed by atoms with E-state index in [0.29, 0.717) is 0 Å². The molecule has 0 spiro atoms. The van der Waals surface area contributed by atoms with E-state index in [2.05, 4.69) is 45.5 Å². The van der Waals surface area contributed by atoms with Crippen molar-refractivity contribution < 1.29 is 0 Å². The van der Waals surface area contributed by atoms with E-state index >= 15 is 0 Å². The van der Waals surface area contributed by atoms with E-state index in [0.717, 1.165) is 4.90 Å². The van der Waals surface area contributed by atoms with Gasteiger partial charge in [0.1, 0.15) is 0 Å². The number of hydrogen-bond acceptors (Lipinski definition) is 1. The van der Waals surface area contributed by atoms with Crippen molar-refractivity contribution in [2.24, 2.45) is 0 Å². The van der Waals surface area contributed by atoms with Gasteiger partial charge in [0, 0.05) is 34.5 Å². The third kappa shape index (κ3) is 3.53. The van der Waals surface area contributed by atoms with E-state index in [1.54, 1.807) is 0 Å². The van der Waals surface area contributed by atoms with Crippen molar-refractivity contribution in [2.75, 3.05) is 0 Å². The molecule has 0 unspecified atom stereocenters. The molecule has 2 heteroatoms. The molecule has 0 N–H and O–H groups in total. The predicted octanol–water partition coefficient (Wildman–Crippen LogP) is 2.89. The minimum Gasteiger partial charge on any atom is -0.143 e. The number of hydrogen-bond donors (Lipinski definition) is 1. The molecule has 1 aromatic carbocycles. The Labute approximate surface area is 102 Å². The monoisotopic (exact) mass is 189 g/mol. The van der Waals surface area contributed by atoms with Gasteiger partial charge in [-0.05, 0) is 23.1 Å².